The quantitative estimate of drug-likeness (QED) is 0.446. The van der Waals surface area contributed by atoms with Crippen molar-refractivity contribution in [3.63, 3.8) is 0 Å². The van der Waals surface area contributed by atoms with E-state index in [4.69, 9.17) is 27.9 Å². The smallest absolute Gasteiger partial charge is 0.263 e. The Morgan fingerprint density at radius 2 is 1.52 bits per heavy atom. The summed E-state index contributed by atoms with van der Waals surface area (Å²) in [7, 11) is 0. The molecule has 0 saturated carbocycles. The second-order valence-electron chi connectivity index (χ2n) is 8.05. The Hall–Kier alpha value is -2.56. The van der Waals surface area contributed by atoms with Crippen LogP contribution in [-0.4, -0.2) is 22.5 Å². The molecule has 1 N–H and O–H groups in total. The molecule has 1 heterocycles. The first-order chi connectivity index (χ1) is 14.7. The Labute approximate surface area is 193 Å². The molecular weight excluding hydrogens is 431 g/mol. The van der Waals surface area contributed by atoms with Crippen LogP contribution in [0.4, 0.5) is 0 Å². The van der Waals surface area contributed by atoms with Crippen molar-refractivity contribution in [2.24, 2.45) is 0 Å². The minimum atomic E-state index is -1.05. The van der Waals surface area contributed by atoms with Gasteiger partial charge in [-0.3, -0.25) is 9.78 Å². The molecule has 3 aromatic rings. The largest absolute Gasteiger partial charge is 0.478 e. The minimum Gasteiger partial charge on any atom is -0.478 e. The van der Waals surface area contributed by atoms with Gasteiger partial charge in [-0.2, -0.15) is 0 Å². The maximum absolute atomic E-state index is 13.1. The fourth-order valence-corrected chi connectivity index (χ4v) is 3.65. The summed E-state index contributed by atoms with van der Waals surface area (Å²) in [5.41, 5.74) is 1.20. The summed E-state index contributed by atoms with van der Waals surface area (Å²) in [6.07, 6.45) is 4.29. The molecule has 4 nitrogen and oxygen atoms in total. The summed E-state index contributed by atoms with van der Waals surface area (Å²) in [5.74, 6) is 0.452. The van der Waals surface area contributed by atoms with Gasteiger partial charge in [-0.25, -0.2) is 0 Å². The van der Waals surface area contributed by atoms with E-state index in [9.17, 15) is 4.79 Å². The monoisotopic (exact) mass is 456 g/mol. The Balaban J connectivity index is 1.75. The highest BCUT2D eigenvalue weighted by molar-refractivity contribution is 6.30. The van der Waals surface area contributed by atoms with Gasteiger partial charge >= 0.3 is 0 Å². The van der Waals surface area contributed by atoms with Gasteiger partial charge in [0.1, 0.15) is 5.75 Å². The van der Waals surface area contributed by atoms with Crippen LogP contribution in [0, 0.1) is 0 Å². The van der Waals surface area contributed by atoms with Gasteiger partial charge < -0.3 is 10.1 Å². The zero-order valence-electron chi connectivity index (χ0n) is 17.8. The molecule has 31 heavy (non-hydrogen) atoms. The van der Waals surface area contributed by atoms with Crippen molar-refractivity contribution < 1.29 is 9.53 Å². The molecule has 2 unspecified atom stereocenters. The van der Waals surface area contributed by atoms with Gasteiger partial charge in [0, 0.05) is 34.4 Å². The first-order valence-electron chi connectivity index (χ1n) is 10.1. The maximum atomic E-state index is 13.1. The van der Waals surface area contributed by atoms with E-state index in [1.807, 2.05) is 43.3 Å². The number of rotatable bonds is 8. The van der Waals surface area contributed by atoms with E-state index < -0.39 is 5.60 Å². The first kappa shape index (κ1) is 23.1. The van der Waals surface area contributed by atoms with Crippen molar-refractivity contribution in [3.8, 4) is 5.75 Å². The van der Waals surface area contributed by atoms with Crippen LogP contribution in [0.15, 0.2) is 73.1 Å². The van der Waals surface area contributed by atoms with Crippen LogP contribution in [0.5, 0.6) is 5.75 Å². The van der Waals surface area contributed by atoms with E-state index in [0.717, 1.165) is 17.5 Å². The van der Waals surface area contributed by atoms with Gasteiger partial charge in [-0.15, -0.1) is 0 Å². The molecule has 3 rings (SSSR count). The molecule has 2 aromatic carbocycles. The molecule has 6 heteroatoms. The molecule has 0 aliphatic carbocycles. The number of aromatic nitrogens is 1. The predicted octanol–water partition coefficient (Wildman–Crippen LogP) is 6.08. The topological polar surface area (TPSA) is 51.2 Å². The van der Waals surface area contributed by atoms with Crippen molar-refractivity contribution >= 4 is 29.1 Å². The molecule has 1 amide bonds. The van der Waals surface area contributed by atoms with E-state index >= 15 is 0 Å². The van der Waals surface area contributed by atoms with Crippen molar-refractivity contribution in [1.82, 2.24) is 10.3 Å². The number of halogens is 2. The number of nitrogens with zero attached hydrogens (tertiary/aromatic N) is 1. The average molecular weight is 457 g/mol. The van der Waals surface area contributed by atoms with E-state index in [0.29, 0.717) is 15.8 Å². The molecule has 0 spiro atoms. The molecule has 0 saturated heterocycles. The lowest BCUT2D eigenvalue weighted by atomic mass is 9.86. The number of carbonyl (C=O) groups is 1. The standard InChI is InChI=1S/C25H26Cl2N2O2/c1-17(29-24(30)25(2,3)31-22-10-8-21(27)9-11-22)23(19-12-14-28-15-13-19)16-18-4-6-20(26)7-5-18/h4-15,17,23H,16H2,1-3H3,(H,29,30). The maximum Gasteiger partial charge on any atom is 0.263 e. The number of amides is 1. The van der Waals surface area contributed by atoms with E-state index in [1.54, 1.807) is 50.5 Å². The number of carbonyl (C=O) groups excluding carboxylic acids is 1. The Morgan fingerprint density at radius 3 is 2.10 bits per heavy atom. The lowest BCUT2D eigenvalue weighted by molar-refractivity contribution is -0.135. The Morgan fingerprint density at radius 1 is 0.968 bits per heavy atom. The highest BCUT2D eigenvalue weighted by Crippen LogP contribution is 2.26. The zero-order valence-corrected chi connectivity index (χ0v) is 19.3. The van der Waals surface area contributed by atoms with Crippen molar-refractivity contribution in [3.05, 3.63) is 94.2 Å². The van der Waals surface area contributed by atoms with Crippen LogP contribution in [0.25, 0.3) is 0 Å². The fourth-order valence-electron chi connectivity index (χ4n) is 3.39. The van der Waals surface area contributed by atoms with Gasteiger partial charge in [0.2, 0.25) is 0 Å². The van der Waals surface area contributed by atoms with Gasteiger partial charge in [-0.05, 0) is 86.8 Å². The summed E-state index contributed by atoms with van der Waals surface area (Å²) in [6, 6.07) is 18.6. The Kier molecular flexibility index (Phi) is 7.58. The number of hydrogen-bond donors (Lipinski definition) is 1. The lowest BCUT2D eigenvalue weighted by Gasteiger charge is -2.31. The van der Waals surface area contributed by atoms with E-state index in [-0.39, 0.29) is 17.9 Å². The first-order valence-corrected chi connectivity index (χ1v) is 10.9. The van der Waals surface area contributed by atoms with Crippen LogP contribution in [0.2, 0.25) is 10.0 Å². The second kappa shape index (κ2) is 10.2. The van der Waals surface area contributed by atoms with Crippen LogP contribution in [-0.2, 0) is 11.2 Å². The van der Waals surface area contributed by atoms with Gasteiger partial charge in [0.15, 0.2) is 5.60 Å². The number of benzene rings is 2. The third kappa shape index (κ3) is 6.46. The summed E-state index contributed by atoms with van der Waals surface area (Å²) < 4.78 is 5.94. The van der Waals surface area contributed by atoms with Gasteiger partial charge in [0.05, 0.1) is 0 Å². The zero-order chi connectivity index (χ0) is 22.4. The molecule has 162 valence electrons. The van der Waals surface area contributed by atoms with Crippen LogP contribution < -0.4 is 10.1 Å². The molecule has 0 radical (unpaired) electrons. The van der Waals surface area contributed by atoms with E-state index in [1.165, 1.54) is 0 Å². The third-order valence-electron chi connectivity index (χ3n) is 5.20. The number of pyridine rings is 1. The minimum absolute atomic E-state index is 0.0551. The second-order valence-corrected chi connectivity index (χ2v) is 8.92. The molecule has 0 bridgehead atoms. The number of hydrogen-bond acceptors (Lipinski definition) is 3. The van der Waals surface area contributed by atoms with Crippen LogP contribution >= 0.6 is 23.2 Å². The van der Waals surface area contributed by atoms with Gasteiger partial charge in [0.25, 0.3) is 5.91 Å². The van der Waals surface area contributed by atoms with Crippen molar-refractivity contribution in [1.29, 1.82) is 0 Å². The molecular formula is C25H26Cl2N2O2. The van der Waals surface area contributed by atoms with Gasteiger partial charge in [-0.1, -0.05) is 35.3 Å². The third-order valence-corrected chi connectivity index (χ3v) is 5.70. The summed E-state index contributed by atoms with van der Waals surface area (Å²) in [6.45, 7) is 5.52. The summed E-state index contributed by atoms with van der Waals surface area (Å²) in [5, 5.41) is 4.46. The molecule has 0 aliphatic heterocycles. The molecule has 2 atom stereocenters. The van der Waals surface area contributed by atoms with E-state index in [2.05, 4.69) is 10.3 Å². The van der Waals surface area contributed by atoms with Crippen molar-refractivity contribution in [2.45, 2.75) is 44.8 Å². The predicted molar refractivity (Wildman–Crippen MR) is 126 cm³/mol. The summed E-state index contributed by atoms with van der Waals surface area (Å²) in [4.78, 5) is 17.2. The Bertz CT molecular complexity index is 990. The van der Waals surface area contributed by atoms with Crippen molar-refractivity contribution in [2.75, 3.05) is 0 Å². The average Bonchev–Trinajstić information content (AvgIpc) is 2.75. The molecule has 0 aliphatic rings. The van der Waals surface area contributed by atoms with Crippen LogP contribution in [0.1, 0.15) is 37.8 Å². The normalized spacial score (nSPS) is 13.3. The number of ether oxygens (including phenoxy) is 1. The lowest BCUT2D eigenvalue weighted by Crippen LogP contribution is -2.51. The molecule has 1 aromatic heterocycles. The highest BCUT2D eigenvalue weighted by Gasteiger charge is 2.33. The fraction of sp³-hybridized carbons (Fsp3) is 0.280. The molecule has 0 fully saturated rings. The number of nitrogens with one attached hydrogen (secondary N) is 1. The highest BCUT2D eigenvalue weighted by atomic mass is 35.5. The SMILES string of the molecule is CC(NC(=O)C(C)(C)Oc1ccc(Cl)cc1)C(Cc1ccc(Cl)cc1)c1ccncc1. The van der Waals surface area contributed by atoms with Crippen LogP contribution in [0.3, 0.4) is 0 Å². The summed E-state index contributed by atoms with van der Waals surface area (Å²) >= 11 is 12.0.